The van der Waals surface area contributed by atoms with Gasteiger partial charge in [0.2, 0.25) is 10.0 Å². The Bertz CT molecular complexity index is 745. The molecule has 3 heterocycles. The van der Waals surface area contributed by atoms with Crippen LogP contribution < -0.4 is 11.1 Å². The van der Waals surface area contributed by atoms with Gasteiger partial charge in [-0.3, -0.25) is 0 Å². The maximum absolute atomic E-state index is 12.6. The summed E-state index contributed by atoms with van der Waals surface area (Å²) >= 11 is 0. The number of benzene rings is 1. The van der Waals surface area contributed by atoms with Crippen molar-refractivity contribution in [2.24, 2.45) is 5.73 Å². The first-order chi connectivity index (χ1) is 11.4. The van der Waals surface area contributed by atoms with Crippen LogP contribution in [0.2, 0.25) is 0 Å². The molecular formula is C17H26N4O2S. The van der Waals surface area contributed by atoms with Gasteiger partial charge < -0.3 is 16.0 Å². The van der Waals surface area contributed by atoms with E-state index in [1.165, 1.54) is 5.56 Å². The minimum Gasteiger partial charge on any atom is -0.369 e. The molecule has 1 aromatic rings. The van der Waals surface area contributed by atoms with Gasteiger partial charge in [0, 0.05) is 30.7 Å². The van der Waals surface area contributed by atoms with Crippen LogP contribution in [0.15, 0.2) is 18.2 Å². The molecule has 0 radical (unpaired) electrons. The van der Waals surface area contributed by atoms with Gasteiger partial charge in [0.25, 0.3) is 0 Å². The first-order valence-electron chi connectivity index (χ1n) is 8.73. The number of nitrogens with two attached hydrogens (primary N) is 1. The van der Waals surface area contributed by atoms with Gasteiger partial charge in [0.05, 0.1) is 11.9 Å². The standard InChI is InChI=1S/C17H26N4O2S/c1-20-9-6-17(12-20)14-10-13(4-5-15(14)19-16(17)18)11-24(22,23)21-7-2-3-8-21/h4-5,10,16,19H,2-3,6-9,11-12,18H2,1H3. The highest BCUT2D eigenvalue weighted by Gasteiger charge is 2.49. The van der Waals surface area contributed by atoms with E-state index in [0.29, 0.717) is 13.1 Å². The zero-order valence-corrected chi connectivity index (χ0v) is 15.0. The summed E-state index contributed by atoms with van der Waals surface area (Å²) in [5.74, 6) is 0.0848. The summed E-state index contributed by atoms with van der Waals surface area (Å²) in [6.45, 7) is 3.25. The smallest absolute Gasteiger partial charge is 0.218 e. The number of hydrogen-bond donors (Lipinski definition) is 2. The summed E-state index contributed by atoms with van der Waals surface area (Å²) < 4.78 is 26.8. The molecule has 2 fully saturated rings. The summed E-state index contributed by atoms with van der Waals surface area (Å²) in [5.41, 5.74) is 9.41. The fraction of sp³-hybridized carbons (Fsp3) is 0.647. The molecule has 0 aromatic heterocycles. The maximum Gasteiger partial charge on any atom is 0.218 e. The molecule has 1 aromatic carbocycles. The van der Waals surface area contributed by atoms with Gasteiger partial charge in [-0.25, -0.2) is 12.7 Å². The highest BCUT2D eigenvalue weighted by atomic mass is 32.2. The van der Waals surface area contributed by atoms with E-state index in [2.05, 4.69) is 23.3 Å². The summed E-state index contributed by atoms with van der Waals surface area (Å²) in [5, 5.41) is 3.39. The number of likely N-dealkylation sites (N-methyl/N-ethyl adjacent to an activating group) is 1. The third kappa shape index (κ3) is 2.54. The minimum atomic E-state index is -3.22. The van der Waals surface area contributed by atoms with Crippen LogP contribution in [0, 0.1) is 0 Å². The van der Waals surface area contributed by atoms with Gasteiger partial charge in [0.15, 0.2) is 0 Å². The number of rotatable bonds is 3. The van der Waals surface area contributed by atoms with Crippen molar-refractivity contribution in [2.75, 3.05) is 38.5 Å². The fourth-order valence-corrected chi connectivity index (χ4v) is 6.06. The second kappa shape index (κ2) is 5.69. The van der Waals surface area contributed by atoms with Crippen LogP contribution in [0.4, 0.5) is 5.69 Å². The van der Waals surface area contributed by atoms with Crippen LogP contribution in [0.25, 0.3) is 0 Å². The third-order valence-electron chi connectivity index (χ3n) is 5.83. The molecule has 6 nitrogen and oxygen atoms in total. The van der Waals surface area contributed by atoms with Crippen LogP contribution in [0.1, 0.15) is 30.4 Å². The van der Waals surface area contributed by atoms with Crippen molar-refractivity contribution in [3.8, 4) is 0 Å². The quantitative estimate of drug-likeness (QED) is 0.847. The number of sulfonamides is 1. The zero-order valence-electron chi connectivity index (χ0n) is 14.2. The second-order valence-electron chi connectivity index (χ2n) is 7.51. The maximum atomic E-state index is 12.6. The van der Waals surface area contributed by atoms with E-state index in [1.54, 1.807) is 4.31 Å². The van der Waals surface area contributed by atoms with Crippen molar-refractivity contribution in [1.29, 1.82) is 0 Å². The molecule has 4 rings (SSSR count). The predicted molar refractivity (Wildman–Crippen MR) is 95.3 cm³/mol. The Morgan fingerprint density at radius 3 is 2.71 bits per heavy atom. The monoisotopic (exact) mass is 350 g/mol. The van der Waals surface area contributed by atoms with Crippen LogP contribution in [0.3, 0.4) is 0 Å². The topological polar surface area (TPSA) is 78.7 Å². The van der Waals surface area contributed by atoms with Gasteiger partial charge >= 0.3 is 0 Å². The molecule has 7 heteroatoms. The summed E-state index contributed by atoms with van der Waals surface area (Å²) in [4.78, 5) is 2.30. The Balaban J connectivity index is 1.64. The molecule has 3 aliphatic rings. The molecule has 0 amide bonds. The van der Waals surface area contributed by atoms with E-state index >= 15 is 0 Å². The molecule has 132 valence electrons. The number of anilines is 1. The molecule has 3 aliphatic heterocycles. The molecule has 0 saturated carbocycles. The van der Waals surface area contributed by atoms with Crippen LogP contribution in [-0.2, 0) is 21.2 Å². The van der Waals surface area contributed by atoms with Gasteiger partial charge in [-0.2, -0.15) is 0 Å². The lowest BCUT2D eigenvalue weighted by Gasteiger charge is -2.29. The van der Waals surface area contributed by atoms with Gasteiger partial charge in [-0.1, -0.05) is 12.1 Å². The predicted octanol–water partition coefficient (Wildman–Crippen LogP) is 0.896. The van der Waals surface area contributed by atoms with E-state index in [0.717, 1.165) is 43.6 Å². The molecular weight excluding hydrogens is 324 g/mol. The normalized spacial score (nSPS) is 30.8. The number of likely N-dealkylation sites (tertiary alicyclic amines) is 1. The van der Waals surface area contributed by atoms with Crippen molar-refractivity contribution in [3.05, 3.63) is 29.3 Å². The van der Waals surface area contributed by atoms with E-state index in [-0.39, 0.29) is 17.3 Å². The first-order valence-corrected chi connectivity index (χ1v) is 10.3. The zero-order chi connectivity index (χ0) is 16.9. The molecule has 2 saturated heterocycles. The minimum absolute atomic E-state index is 0.0848. The average molecular weight is 350 g/mol. The molecule has 3 N–H and O–H groups in total. The SMILES string of the molecule is CN1CCC2(C1)c1cc(CS(=O)(=O)N3CCCC3)ccc1NC2N. The van der Waals surface area contributed by atoms with E-state index in [4.69, 9.17) is 5.73 Å². The Kier molecular flexibility index (Phi) is 3.87. The molecule has 1 spiro atoms. The van der Waals surface area contributed by atoms with Gasteiger partial charge in [-0.05, 0) is 50.0 Å². The van der Waals surface area contributed by atoms with Crippen molar-refractivity contribution in [1.82, 2.24) is 9.21 Å². The summed E-state index contributed by atoms with van der Waals surface area (Å²) in [6.07, 6.45) is 2.84. The lowest BCUT2D eigenvalue weighted by Crippen LogP contribution is -2.47. The number of fused-ring (bicyclic) bond motifs is 2. The lowest BCUT2D eigenvalue weighted by molar-refractivity contribution is 0.350. The summed E-state index contributed by atoms with van der Waals surface area (Å²) in [6, 6.07) is 5.99. The molecule has 2 unspecified atom stereocenters. The summed E-state index contributed by atoms with van der Waals surface area (Å²) in [7, 11) is -1.11. The largest absolute Gasteiger partial charge is 0.369 e. The van der Waals surface area contributed by atoms with Crippen LogP contribution in [-0.4, -0.2) is 57.0 Å². The average Bonchev–Trinajstić information content (AvgIpc) is 3.23. The number of hydrogen-bond acceptors (Lipinski definition) is 5. The molecule has 0 bridgehead atoms. The van der Waals surface area contributed by atoms with Crippen LogP contribution in [0.5, 0.6) is 0 Å². The Labute approximate surface area is 144 Å². The van der Waals surface area contributed by atoms with E-state index in [1.807, 2.05) is 12.1 Å². The van der Waals surface area contributed by atoms with Crippen molar-refractivity contribution >= 4 is 15.7 Å². The number of nitrogens with one attached hydrogen (secondary N) is 1. The Morgan fingerprint density at radius 1 is 1.29 bits per heavy atom. The molecule has 24 heavy (non-hydrogen) atoms. The van der Waals surface area contributed by atoms with E-state index < -0.39 is 10.0 Å². The first kappa shape index (κ1) is 16.3. The Morgan fingerprint density at radius 2 is 2.04 bits per heavy atom. The second-order valence-corrected chi connectivity index (χ2v) is 9.48. The fourth-order valence-electron chi connectivity index (χ4n) is 4.46. The highest BCUT2D eigenvalue weighted by molar-refractivity contribution is 7.88. The van der Waals surface area contributed by atoms with Gasteiger partial charge in [-0.15, -0.1) is 0 Å². The van der Waals surface area contributed by atoms with E-state index in [9.17, 15) is 8.42 Å². The Hall–Kier alpha value is -1.15. The van der Waals surface area contributed by atoms with Crippen molar-refractivity contribution in [3.63, 3.8) is 0 Å². The highest BCUT2D eigenvalue weighted by Crippen LogP contribution is 2.45. The molecule has 2 atom stereocenters. The molecule has 0 aliphatic carbocycles. The van der Waals surface area contributed by atoms with Crippen LogP contribution >= 0.6 is 0 Å². The lowest BCUT2D eigenvalue weighted by atomic mass is 9.79. The van der Waals surface area contributed by atoms with Gasteiger partial charge in [0.1, 0.15) is 0 Å². The third-order valence-corrected chi connectivity index (χ3v) is 7.68. The number of nitrogens with zero attached hydrogens (tertiary/aromatic N) is 2. The van der Waals surface area contributed by atoms with Crippen molar-refractivity contribution in [2.45, 2.75) is 36.6 Å². The van der Waals surface area contributed by atoms with Crippen molar-refractivity contribution < 1.29 is 8.42 Å².